The Hall–Kier alpha value is -1.88. The van der Waals surface area contributed by atoms with Gasteiger partial charge in [0.2, 0.25) is 5.91 Å². The third-order valence-electron chi connectivity index (χ3n) is 1.92. The highest BCUT2D eigenvalue weighted by molar-refractivity contribution is 5.80. The van der Waals surface area contributed by atoms with Crippen molar-refractivity contribution in [3.8, 4) is 0 Å². The minimum Gasteiger partial charge on any atom is -0.443 e. The molecule has 5 nitrogen and oxygen atoms in total. The zero-order valence-electron chi connectivity index (χ0n) is 7.36. The van der Waals surface area contributed by atoms with Crippen LogP contribution in [0.5, 0.6) is 0 Å². The molecule has 72 valence electrons. The first-order chi connectivity index (χ1) is 6.79. The van der Waals surface area contributed by atoms with Crippen molar-refractivity contribution >= 4 is 17.0 Å². The lowest BCUT2D eigenvalue weighted by atomic mass is 10.1. The second kappa shape index (κ2) is 3.47. The van der Waals surface area contributed by atoms with Crippen LogP contribution < -0.4 is 11.3 Å². The number of hydrogen-bond acceptors (Lipinski definition) is 4. The molecule has 1 amide bonds. The number of nitrogens with zero attached hydrogens (tertiary/aromatic N) is 1. The molecule has 0 spiro atoms. The highest BCUT2D eigenvalue weighted by Gasteiger charge is 2.04. The van der Waals surface area contributed by atoms with E-state index in [2.05, 4.69) is 10.4 Å². The molecule has 0 saturated heterocycles. The lowest BCUT2D eigenvalue weighted by Gasteiger charge is -1.98. The van der Waals surface area contributed by atoms with Crippen LogP contribution in [0.4, 0.5) is 0 Å². The summed E-state index contributed by atoms with van der Waals surface area (Å²) >= 11 is 0. The lowest BCUT2D eigenvalue weighted by Crippen LogP contribution is -2.31. The van der Waals surface area contributed by atoms with Gasteiger partial charge in [-0.05, 0) is 17.7 Å². The molecule has 0 aliphatic rings. The average Bonchev–Trinajstić information content (AvgIpc) is 2.64. The molecule has 0 atom stereocenters. The summed E-state index contributed by atoms with van der Waals surface area (Å²) in [6, 6.07) is 5.40. The quantitative estimate of drug-likeness (QED) is 0.408. The van der Waals surface area contributed by atoms with Crippen molar-refractivity contribution in [2.75, 3.05) is 0 Å². The van der Waals surface area contributed by atoms with E-state index in [1.54, 1.807) is 12.1 Å². The standard InChI is InChI=1S/C9H9N3O2/c10-12-9(13)4-6-1-2-7-8(3-6)14-5-11-7/h1-3,5H,4,10H2,(H,12,13). The summed E-state index contributed by atoms with van der Waals surface area (Å²) in [5.41, 5.74) is 4.37. The summed E-state index contributed by atoms with van der Waals surface area (Å²) < 4.78 is 5.10. The van der Waals surface area contributed by atoms with Gasteiger partial charge >= 0.3 is 0 Å². The van der Waals surface area contributed by atoms with Crippen LogP contribution in [0.15, 0.2) is 29.0 Å². The van der Waals surface area contributed by atoms with E-state index in [-0.39, 0.29) is 12.3 Å². The molecule has 1 aromatic carbocycles. The molecule has 0 unspecified atom stereocenters. The summed E-state index contributed by atoms with van der Waals surface area (Å²) in [5, 5.41) is 0. The second-order valence-corrected chi connectivity index (χ2v) is 2.90. The molecule has 0 saturated carbocycles. The molecular weight excluding hydrogens is 182 g/mol. The van der Waals surface area contributed by atoms with Crippen molar-refractivity contribution in [2.24, 2.45) is 5.84 Å². The van der Waals surface area contributed by atoms with Gasteiger partial charge in [0, 0.05) is 0 Å². The zero-order chi connectivity index (χ0) is 9.97. The fraction of sp³-hybridized carbons (Fsp3) is 0.111. The summed E-state index contributed by atoms with van der Waals surface area (Å²) in [5.74, 6) is 4.74. The van der Waals surface area contributed by atoms with Crippen molar-refractivity contribution < 1.29 is 9.21 Å². The minimum atomic E-state index is -0.233. The zero-order valence-corrected chi connectivity index (χ0v) is 7.36. The molecule has 0 aliphatic carbocycles. The van der Waals surface area contributed by atoms with Gasteiger partial charge in [0.05, 0.1) is 6.42 Å². The summed E-state index contributed by atoms with van der Waals surface area (Å²) in [7, 11) is 0. The molecule has 0 aliphatic heterocycles. The first kappa shape index (κ1) is 8.71. The Morgan fingerprint density at radius 2 is 2.43 bits per heavy atom. The van der Waals surface area contributed by atoms with Gasteiger partial charge in [-0.3, -0.25) is 10.2 Å². The molecule has 1 heterocycles. The van der Waals surface area contributed by atoms with Crippen LogP contribution in [0.25, 0.3) is 11.1 Å². The maximum absolute atomic E-state index is 11.0. The molecule has 1 aromatic heterocycles. The van der Waals surface area contributed by atoms with Crippen LogP contribution in [0.2, 0.25) is 0 Å². The monoisotopic (exact) mass is 191 g/mol. The normalized spacial score (nSPS) is 10.4. The van der Waals surface area contributed by atoms with E-state index < -0.39 is 0 Å². The van der Waals surface area contributed by atoms with Crippen LogP contribution in [0.3, 0.4) is 0 Å². The molecule has 3 N–H and O–H groups in total. The van der Waals surface area contributed by atoms with Gasteiger partial charge in [0.1, 0.15) is 5.52 Å². The van der Waals surface area contributed by atoms with Gasteiger partial charge in [-0.1, -0.05) is 6.07 Å². The van der Waals surface area contributed by atoms with Gasteiger partial charge in [0.25, 0.3) is 0 Å². The third-order valence-corrected chi connectivity index (χ3v) is 1.92. The first-order valence-corrected chi connectivity index (χ1v) is 4.11. The maximum Gasteiger partial charge on any atom is 0.238 e. The van der Waals surface area contributed by atoms with E-state index in [0.717, 1.165) is 11.1 Å². The van der Waals surface area contributed by atoms with Crippen LogP contribution in [0.1, 0.15) is 5.56 Å². The van der Waals surface area contributed by atoms with Gasteiger partial charge in [-0.2, -0.15) is 0 Å². The smallest absolute Gasteiger partial charge is 0.238 e. The summed E-state index contributed by atoms with van der Waals surface area (Å²) in [6.07, 6.45) is 1.62. The molecule has 0 bridgehead atoms. The summed E-state index contributed by atoms with van der Waals surface area (Å²) in [4.78, 5) is 14.9. The number of rotatable bonds is 2. The maximum atomic E-state index is 11.0. The number of hydrogen-bond donors (Lipinski definition) is 2. The highest BCUT2D eigenvalue weighted by atomic mass is 16.3. The van der Waals surface area contributed by atoms with Crippen LogP contribution in [-0.4, -0.2) is 10.9 Å². The van der Waals surface area contributed by atoms with E-state index >= 15 is 0 Å². The molecule has 0 fully saturated rings. The van der Waals surface area contributed by atoms with Gasteiger partial charge in [-0.25, -0.2) is 10.8 Å². The van der Waals surface area contributed by atoms with Crippen molar-refractivity contribution in [1.82, 2.24) is 10.4 Å². The van der Waals surface area contributed by atoms with Crippen molar-refractivity contribution in [2.45, 2.75) is 6.42 Å². The van der Waals surface area contributed by atoms with Crippen molar-refractivity contribution in [3.63, 3.8) is 0 Å². The van der Waals surface area contributed by atoms with E-state index in [0.29, 0.717) is 5.58 Å². The minimum absolute atomic E-state index is 0.233. The van der Waals surface area contributed by atoms with Gasteiger partial charge in [-0.15, -0.1) is 0 Å². The van der Waals surface area contributed by atoms with Crippen molar-refractivity contribution in [1.29, 1.82) is 0 Å². The van der Waals surface area contributed by atoms with Crippen LogP contribution in [0, 0.1) is 0 Å². The number of nitrogens with one attached hydrogen (secondary N) is 1. The molecule has 0 radical (unpaired) electrons. The largest absolute Gasteiger partial charge is 0.443 e. The number of benzene rings is 1. The first-order valence-electron chi connectivity index (χ1n) is 4.11. The SMILES string of the molecule is NNC(=O)Cc1ccc2ncoc2c1. The Balaban J connectivity index is 2.30. The molecule has 2 aromatic rings. The fourth-order valence-electron chi connectivity index (χ4n) is 1.25. The van der Waals surface area contributed by atoms with E-state index in [4.69, 9.17) is 10.3 Å². The molecular formula is C9H9N3O2. The number of hydrazine groups is 1. The molecule has 2 rings (SSSR count). The van der Waals surface area contributed by atoms with Crippen LogP contribution in [-0.2, 0) is 11.2 Å². The van der Waals surface area contributed by atoms with E-state index in [9.17, 15) is 4.79 Å². The Morgan fingerprint density at radius 1 is 1.57 bits per heavy atom. The Labute approximate surface area is 79.9 Å². The van der Waals surface area contributed by atoms with E-state index in [1.807, 2.05) is 6.07 Å². The van der Waals surface area contributed by atoms with Crippen molar-refractivity contribution in [3.05, 3.63) is 30.2 Å². The summed E-state index contributed by atoms with van der Waals surface area (Å²) in [6.45, 7) is 0. The van der Waals surface area contributed by atoms with Gasteiger partial charge < -0.3 is 4.42 Å². The average molecular weight is 191 g/mol. The number of carbonyl (C=O) groups excluding carboxylic acids is 1. The number of amides is 1. The fourth-order valence-corrected chi connectivity index (χ4v) is 1.25. The highest BCUT2D eigenvalue weighted by Crippen LogP contribution is 2.14. The number of oxazole rings is 1. The number of nitrogens with two attached hydrogens (primary N) is 1. The lowest BCUT2D eigenvalue weighted by molar-refractivity contribution is -0.120. The Bertz CT molecular complexity index is 464. The molecule has 5 heteroatoms. The predicted molar refractivity (Wildman–Crippen MR) is 50.0 cm³/mol. The molecule has 14 heavy (non-hydrogen) atoms. The Kier molecular flexibility index (Phi) is 2.16. The van der Waals surface area contributed by atoms with Gasteiger partial charge in [0.15, 0.2) is 12.0 Å². The second-order valence-electron chi connectivity index (χ2n) is 2.90. The topological polar surface area (TPSA) is 81.1 Å². The number of fused-ring (bicyclic) bond motifs is 1. The number of aromatic nitrogens is 1. The van der Waals surface area contributed by atoms with E-state index in [1.165, 1.54) is 6.39 Å². The third kappa shape index (κ3) is 1.57. The van der Waals surface area contributed by atoms with Crippen LogP contribution >= 0.6 is 0 Å². The predicted octanol–water partition coefficient (Wildman–Crippen LogP) is 0.360. The number of carbonyl (C=O) groups is 1. The Morgan fingerprint density at radius 3 is 3.21 bits per heavy atom.